The zero-order valence-corrected chi connectivity index (χ0v) is 20.2. The van der Waals surface area contributed by atoms with Crippen LogP contribution in [0.2, 0.25) is 0 Å². The molecule has 5 nitrogen and oxygen atoms in total. The first kappa shape index (κ1) is 23.4. The van der Waals surface area contributed by atoms with E-state index in [1.807, 2.05) is 49.5 Å². The molecule has 3 atom stereocenters. The first-order valence-electron chi connectivity index (χ1n) is 12.8. The molecule has 2 aliphatic carbocycles. The first-order chi connectivity index (χ1) is 16.6. The maximum atomic E-state index is 12.6. The summed E-state index contributed by atoms with van der Waals surface area (Å²) < 4.78 is 12.3. The van der Waals surface area contributed by atoms with Crippen LogP contribution < -0.4 is 5.32 Å². The van der Waals surface area contributed by atoms with Crippen molar-refractivity contribution >= 4 is 6.29 Å². The van der Waals surface area contributed by atoms with Crippen LogP contribution in [-0.2, 0) is 25.2 Å². The van der Waals surface area contributed by atoms with E-state index >= 15 is 0 Å². The molecule has 1 saturated heterocycles. The van der Waals surface area contributed by atoms with Crippen LogP contribution in [0.3, 0.4) is 0 Å². The Kier molecular flexibility index (Phi) is 6.70. The van der Waals surface area contributed by atoms with Crippen LogP contribution in [0, 0.1) is 0 Å². The first-order valence-corrected chi connectivity index (χ1v) is 12.8. The molecule has 34 heavy (non-hydrogen) atoms. The molecule has 0 unspecified atom stereocenters. The lowest BCUT2D eigenvalue weighted by Gasteiger charge is -2.47. The van der Waals surface area contributed by atoms with Crippen LogP contribution in [-0.4, -0.2) is 36.6 Å². The predicted octanol–water partition coefficient (Wildman–Crippen LogP) is 5.16. The summed E-state index contributed by atoms with van der Waals surface area (Å²) in [5.41, 5.74) is 2.29. The van der Waals surface area contributed by atoms with Gasteiger partial charge in [-0.2, -0.15) is 0 Å². The summed E-state index contributed by atoms with van der Waals surface area (Å²) in [7, 11) is 0. The van der Waals surface area contributed by atoms with Crippen molar-refractivity contribution in [3.63, 3.8) is 0 Å². The van der Waals surface area contributed by atoms with Crippen molar-refractivity contribution in [1.82, 2.24) is 10.3 Å². The Bertz CT molecular complexity index is 1020. The molecule has 0 amide bonds. The minimum atomic E-state index is -0.842. The molecule has 1 aliphatic heterocycles. The highest BCUT2D eigenvalue weighted by Crippen LogP contribution is 2.49. The van der Waals surface area contributed by atoms with Gasteiger partial charge in [0.1, 0.15) is 17.9 Å². The number of carbonyl (C=O) groups excluding carboxylic acids is 1. The van der Waals surface area contributed by atoms with Crippen LogP contribution in [0.5, 0.6) is 0 Å². The van der Waals surface area contributed by atoms with Crippen molar-refractivity contribution in [3.8, 4) is 0 Å². The van der Waals surface area contributed by atoms with Crippen molar-refractivity contribution in [2.75, 3.05) is 19.8 Å². The predicted molar refractivity (Wildman–Crippen MR) is 133 cm³/mol. The minimum absolute atomic E-state index is 0.0137. The summed E-state index contributed by atoms with van der Waals surface area (Å²) in [6.45, 7) is 4.11. The zero-order chi connectivity index (χ0) is 23.5. The van der Waals surface area contributed by atoms with Gasteiger partial charge < -0.3 is 14.3 Å². The number of nitrogens with one attached hydrogen (secondary N) is 1. The minimum Gasteiger partial charge on any atom is -0.375 e. The van der Waals surface area contributed by atoms with Gasteiger partial charge in [0.25, 0.3) is 0 Å². The highest BCUT2D eigenvalue weighted by Gasteiger charge is 2.48. The molecule has 0 radical (unpaired) electrons. The van der Waals surface area contributed by atoms with Gasteiger partial charge in [-0.1, -0.05) is 55.3 Å². The standard InChI is InChI=1S/C29H36N2O3/c1-2-33-25-12-15-29(22-32,24-10-4-3-9-23(24)25)31-19-16-27(26-11-5-8-18-30-26)17-20-34-28(21-27)13-6-7-14-28/h3-5,8-12,15,18,22,25,31H,2,6-7,13-14,16-17,19-21H2,1H3/t25-,27+,29+/m0/s1. The van der Waals surface area contributed by atoms with Crippen LogP contribution in [0.25, 0.3) is 0 Å². The number of aldehydes is 1. The third-order valence-corrected chi connectivity index (χ3v) is 8.17. The highest BCUT2D eigenvalue weighted by molar-refractivity contribution is 5.74. The maximum absolute atomic E-state index is 12.6. The van der Waals surface area contributed by atoms with Gasteiger partial charge in [0.15, 0.2) is 0 Å². The molecular weight excluding hydrogens is 424 g/mol. The third-order valence-electron chi connectivity index (χ3n) is 8.17. The second-order valence-corrected chi connectivity index (χ2v) is 10.1. The topological polar surface area (TPSA) is 60.5 Å². The molecule has 1 N–H and O–H groups in total. The number of benzene rings is 1. The number of nitrogens with zero attached hydrogens (tertiary/aromatic N) is 1. The van der Waals surface area contributed by atoms with Gasteiger partial charge in [-0.3, -0.25) is 10.3 Å². The van der Waals surface area contributed by atoms with Gasteiger partial charge in [0.2, 0.25) is 0 Å². The van der Waals surface area contributed by atoms with E-state index < -0.39 is 5.54 Å². The monoisotopic (exact) mass is 460 g/mol. The summed E-state index contributed by atoms with van der Waals surface area (Å²) in [5.74, 6) is 0. The molecule has 1 spiro atoms. The quantitative estimate of drug-likeness (QED) is 0.435. The molecule has 2 fully saturated rings. The van der Waals surface area contributed by atoms with Gasteiger partial charge >= 0.3 is 0 Å². The fraction of sp³-hybridized carbons (Fsp3) is 0.517. The molecule has 5 rings (SSSR count). The summed E-state index contributed by atoms with van der Waals surface area (Å²) in [6, 6.07) is 14.4. The van der Waals surface area contributed by atoms with E-state index in [9.17, 15) is 4.79 Å². The normalized spacial score (nSPS) is 29.7. The fourth-order valence-electron chi connectivity index (χ4n) is 6.48. The number of carbonyl (C=O) groups is 1. The second-order valence-electron chi connectivity index (χ2n) is 10.1. The number of pyridine rings is 1. The van der Waals surface area contributed by atoms with E-state index in [-0.39, 0.29) is 17.1 Å². The Morgan fingerprint density at radius 2 is 1.97 bits per heavy atom. The molecule has 2 heterocycles. The van der Waals surface area contributed by atoms with E-state index in [0.717, 1.165) is 61.8 Å². The lowest BCUT2D eigenvalue weighted by molar-refractivity contribution is -0.113. The number of rotatable bonds is 8. The van der Waals surface area contributed by atoms with Gasteiger partial charge in [0, 0.05) is 30.5 Å². The van der Waals surface area contributed by atoms with Crippen molar-refractivity contribution < 1.29 is 14.3 Å². The number of aromatic nitrogens is 1. The molecule has 1 aromatic heterocycles. The van der Waals surface area contributed by atoms with E-state index in [0.29, 0.717) is 13.2 Å². The number of fused-ring (bicyclic) bond motifs is 1. The molecule has 180 valence electrons. The van der Waals surface area contributed by atoms with E-state index in [2.05, 4.69) is 23.5 Å². The van der Waals surface area contributed by atoms with Crippen LogP contribution in [0.15, 0.2) is 60.8 Å². The van der Waals surface area contributed by atoms with Crippen LogP contribution in [0.4, 0.5) is 0 Å². The average molecular weight is 461 g/mol. The van der Waals surface area contributed by atoms with Gasteiger partial charge in [-0.05, 0) is 68.8 Å². The fourth-order valence-corrected chi connectivity index (χ4v) is 6.48. The Morgan fingerprint density at radius 3 is 2.74 bits per heavy atom. The Labute approximate surface area is 203 Å². The lowest BCUT2D eigenvalue weighted by Crippen LogP contribution is -2.50. The summed E-state index contributed by atoms with van der Waals surface area (Å²) in [6.07, 6.45) is 14.5. The molecule has 1 saturated carbocycles. The van der Waals surface area contributed by atoms with E-state index in [4.69, 9.17) is 14.5 Å². The number of hydrogen-bond acceptors (Lipinski definition) is 5. The van der Waals surface area contributed by atoms with Gasteiger partial charge in [-0.25, -0.2) is 0 Å². The summed E-state index contributed by atoms with van der Waals surface area (Å²) >= 11 is 0. The lowest BCUT2D eigenvalue weighted by atomic mass is 9.67. The number of ether oxygens (including phenoxy) is 2. The molecule has 1 aromatic carbocycles. The second kappa shape index (κ2) is 9.73. The molecule has 2 aromatic rings. The Morgan fingerprint density at radius 1 is 1.15 bits per heavy atom. The Hall–Kier alpha value is -2.34. The van der Waals surface area contributed by atoms with Crippen molar-refractivity contribution in [1.29, 1.82) is 0 Å². The molecule has 0 bridgehead atoms. The van der Waals surface area contributed by atoms with Crippen molar-refractivity contribution in [2.45, 2.75) is 74.5 Å². The molecule has 3 aliphatic rings. The van der Waals surface area contributed by atoms with Crippen molar-refractivity contribution in [3.05, 3.63) is 77.6 Å². The molecular formula is C29H36N2O3. The Balaban J connectivity index is 1.40. The maximum Gasteiger partial charge on any atom is 0.148 e. The molecule has 5 heteroatoms. The van der Waals surface area contributed by atoms with Crippen LogP contribution in [0.1, 0.15) is 74.8 Å². The summed E-state index contributed by atoms with van der Waals surface area (Å²) in [4.78, 5) is 17.4. The highest BCUT2D eigenvalue weighted by atomic mass is 16.5. The summed E-state index contributed by atoms with van der Waals surface area (Å²) in [5, 5.41) is 3.65. The van der Waals surface area contributed by atoms with Gasteiger partial charge in [-0.15, -0.1) is 0 Å². The van der Waals surface area contributed by atoms with Crippen LogP contribution >= 0.6 is 0 Å². The zero-order valence-electron chi connectivity index (χ0n) is 20.2. The largest absolute Gasteiger partial charge is 0.375 e. The number of hydrogen-bond donors (Lipinski definition) is 1. The van der Waals surface area contributed by atoms with Crippen molar-refractivity contribution in [2.24, 2.45) is 0 Å². The third kappa shape index (κ3) is 4.26. The smallest absolute Gasteiger partial charge is 0.148 e. The SMILES string of the molecule is CCO[C@H]1C=C[C@](C=O)(NCC[C@@]2(c3ccccn3)CCOC3(CCCC3)C2)c2ccccc21. The average Bonchev–Trinajstić information content (AvgIpc) is 3.33. The van der Waals surface area contributed by atoms with Gasteiger partial charge in [0.05, 0.1) is 5.60 Å². The van der Waals surface area contributed by atoms with E-state index in [1.54, 1.807) is 0 Å². The van der Waals surface area contributed by atoms with E-state index in [1.165, 1.54) is 12.8 Å².